The average Bonchev–Trinajstić information content (AvgIpc) is 2.79. The average molecular weight is 419 g/mol. The zero-order valence-electron chi connectivity index (χ0n) is 17.6. The third-order valence-electron chi connectivity index (χ3n) is 5.12. The third-order valence-corrected chi connectivity index (χ3v) is 5.12. The van der Waals surface area contributed by atoms with Crippen LogP contribution in [0.25, 0.3) is 0 Å². The van der Waals surface area contributed by atoms with Crippen LogP contribution in [0.3, 0.4) is 0 Å². The zero-order valence-corrected chi connectivity index (χ0v) is 17.6. The monoisotopic (exact) mass is 418 g/mol. The van der Waals surface area contributed by atoms with Gasteiger partial charge in [0.15, 0.2) is 0 Å². The Balaban J connectivity index is 1.95. The largest absolute Gasteiger partial charge is 0.355 e. The summed E-state index contributed by atoms with van der Waals surface area (Å²) in [5.74, 6) is -0.861. The summed E-state index contributed by atoms with van der Waals surface area (Å²) in [4.78, 5) is 27.9. The van der Waals surface area contributed by atoms with Gasteiger partial charge in [0.2, 0.25) is 11.8 Å². The fourth-order valence-electron chi connectivity index (χ4n) is 3.53. The Morgan fingerprint density at radius 1 is 0.871 bits per heavy atom. The molecule has 3 aromatic carbocycles. The minimum absolute atomic E-state index is 0.0208. The van der Waals surface area contributed by atoms with E-state index in [4.69, 9.17) is 0 Å². The highest BCUT2D eigenvalue weighted by atomic mass is 19.1. The van der Waals surface area contributed by atoms with E-state index in [1.807, 2.05) is 67.6 Å². The Labute approximate surface area is 182 Å². The van der Waals surface area contributed by atoms with Crippen LogP contribution in [0.4, 0.5) is 4.39 Å². The predicted molar refractivity (Wildman–Crippen MR) is 120 cm³/mol. The van der Waals surface area contributed by atoms with Gasteiger partial charge in [0, 0.05) is 25.1 Å². The van der Waals surface area contributed by atoms with Gasteiger partial charge in [-0.05, 0) is 24.1 Å². The van der Waals surface area contributed by atoms with Crippen molar-refractivity contribution in [3.63, 3.8) is 0 Å². The molecule has 160 valence electrons. The summed E-state index contributed by atoms with van der Waals surface area (Å²) in [5.41, 5.74) is 2.16. The van der Waals surface area contributed by atoms with Crippen molar-refractivity contribution in [3.05, 3.63) is 107 Å². The summed E-state index contributed by atoms with van der Waals surface area (Å²) in [6, 6.07) is 24.5. The van der Waals surface area contributed by atoms with Crippen LogP contribution in [0.5, 0.6) is 0 Å². The number of nitrogens with one attached hydrogen (secondary N) is 1. The molecule has 5 heteroatoms. The van der Waals surface area contributed by atoms with Crippen molar-refractivity contribution < 1.29 is 14.0 Å². The van der Waals surface area contributed by atoms with Crippen LogP contribution in [0.15, 0.2) is 84.9 Å². The summed E-state index contributed by atoms with van der Waals surface area (Å²) in [6.07, 6.45) is 0.488. The molecule has 0 aliphatic rings. The van der Waals surface area contributed by atoms with Crippen LogP contribution < -0.4 is 5.32 Å². The number of hydrogen-bond donors (Lipinski definition) is 1. The lowest BCUT2D eigenvalue weighted by Gasteiger charge is -2.31. The Kier molecular flexibility index (Phi) is 7.93. The van der Waals surface area contributed by atoms with Crippen molar-refractivity contribution in [1.82, 2.24) is 10.2 Å². The molecule has 0 aliphatic heterocycles. The number of benzene rings is 3. The second kappa shape index (κ2) is 11.1. The molecule has 0 bridgehead atoms. The first-order valence-electron chi connectivity index (χ1n) is 10.5. The molecular formula is C26H27FN2O2. The number of likely N-dealkylation sites (N-methyl/N-ethyl adjacent to an activating group) is 1. The summed E-state index contributed by atoms with van der Waals surface area (Å²) < 4.78 is 14.4. The Hall–Kier alpha value is -3.47. The number of amides is 2. The highest BCUT2D eigenvalue weighted by molar-refractivity contribution is 5.88. The first-order chi connectivity index (χ1) is 15.1. The minimum atomic E-state index is -0.752. The minimum Gasteiger partial charge on any atom is -0.355 e. The second-order valence-electron chi connectivity index (χ2n) is 7.38. The molecule has 4 nitrogen and oxygen atoms in total. The molecule has 0 saturated heterocycles. The highest BCUT2D eigenvalue weighted by Gasteiger charge is 2.30. The third kappa shape index (κ3) is 6.25. The molecule has 1 atom stereocenters. The second-order valence-corrected chi connectivity index (χ2v) is 7.38. The molecular weight excluding hydrogens is 391 g/mol. The van der Waals surface area contributed by atoms with E-state index in [-0.39, 0.29) is 24.8 Å². The van der Waals surface area contributed by atoms with Crippen LogP contribution >= 0.6 is 0 Å². The lowest BCUT2D eigenvalue weighted by atomic mass is 10.0. The normalized spacial score (nSPS) is 11.5. The topological polar surface area (TPSA) is 49.4 Å². The van der Waals surface area contributed by atoms with Gasteiger partial charge in [-0.2, -0.15) is 0 Å². The van der Waals surface area contributed by atoms with E-state index in [1.165, 1.54) is 11.0 Å². The van der Waals surface area contributed by atoms with Crippen LogP contribution in [-0.4, -0.2) is 29.3 Å². The lowest BCUT2D eigenvalue weighted by Crippen LogP contribution is -2.51. The number of halogens is 1. The molecule has 1 unspecified atom stereocenters. The van der Waals surface area contributed by atoms with Gasteiger partial charge >= 0.3 is 0 Å². The summed E-state index contributed by atoms with van der Waals surface area (Å²) >= 11 is 0. The maximum atomic E-state index is 14.4. The number of carbonyl (C=O) groups excluding carboxylic acids is 2. The fourth-order valence-corrected chi connectivity index (χ4v) is 3.53. The quantitative estimate of drug-likeness (QED) is 0.568. The Morgan fingerprint density at radius 2 is 1.45 bits per heavy atom. The number of hydrogen-bond acceptors (Lipinski definition) is 2. The van der Waals surface area contributed by atoms with Crippen molar-refractivity contribution in [1.29, 1.82) is 0 Å². The molecule has 3 aromatic rings. The van der Waals surface area contributed by atoms with E-state index >= 15 is 0 Å². The van der Waals surface area contributed by atoms with Gasteiger partial charge in [-0.25, -0.2) is 4.39 Å². The van der Waals surface area contributed by atoms with Gasteiger partial charge in [-0.15, -0.1) is 0 Å². The van der Waals surface area contributed by atoms with Crippen molar-refractivity contribution in [2.75, 3.05) is 6.54 Å². The number of rotatable bonds is 9. The van der Waals surface area contributed by atoms with Crippen LogP contribution in [0.1, 0.15) is 23.6 Å². The first-order valence-corrected chi connectivity index (χ1v) is 10.5. The lowest BCUT2D eigenvalue weighted by molar-refractivity contribution is -0.140. The Morgan fingerprint density at radius 3 is 2.06 bits per heavy atom. The SMILES string of the molecule is CCNC(=O)C(Cc1ccccc1)N(Cc1ccccc1F)C(=O)Cc1ccccc1. The van der Waals surface area contributed by atoms with Gasteiger partial charge in [-0.3, -0.25) is 9.59 Å². The highest BCUT2D eigenvalue weighted by Crippen LogP contribution is 2.18. The van der Waals surface area contributed by atoms with E-state index in [1.54, 1.807) is 18.2 Å². The van der Waals surface area contributed by atoms with Crippen LogP contribution in [0.2, 0.25) is 0 Å². The molecule has 3 rings (SSSR count). The molecule has 31 heavy (non-hydrogen) atoms. The van der Waals surface area contributed by atoms with Crippen LogP contribution in [0, 0.1) is 5.82 Å². The molecule has 0 saturated carbocycles. The van der Waals surface area contributed by atoms with Crippen molar-refractivity contribution in [3.8, 4) is 0 Å². The molecule has 0 aliphatic carbocycles. The molecule has 0 fully saturated rings. The fraction of sp³-hybridized carbons (Fsp3) is 0.231. The van der Waals surface area contributed by atoms with Gasteiger partial charge in [-0.1, -0.05) is 78.9 Å². The van der Waals surface area contributed by atoms with Gasteiger partial charge in [0.1, 0.15) is 11.9 Å². The van der Waals surface area contributed by atoms with Gasteiger partial charge in [0.25, 0.3) is 0 Å². The summed E-state index contributed by atoms with van der Waals surface area (Å²) in [6.45, 7) is 2.31. The van der Waals surface area contributed by atoms with E-state index < -0.39 is 11.9 Å². The molecule has 1 N–H and O–H groups in total. The molecule has 0 spiro atoms. The number of carbonyl (C=O) groups is 2. The maximum Gasteiger partial charge on any atom is 0.243 e. The maximum absolute atomic E-state index is 14.4. The summed E-state index contributed by atoms with van der Waals surface area (Å²) in [7, 11) is 0. The smallest absolute Gasteiger partial charge is 0.243 e. The Bertz CT molecular complexity index is 993. The van der Waals surface area contributed by atoms with Crippen molar-refractivity contribution >= 4 is 11.8 Å². The van der Waals surface area contributed by atoms with Crippen LogP contribution in [-0.2, 0) is 29.0 Å². The molecule has 2 amide bonds. The molecule has 0 heterocycles. The number of nitrogens with zero attached hydrogens (tertiary/aromatic N) is 1. The van der Waals surface area contributed by atoms with Gasteiger partial charge in [0.05, 0.1) is 6.42 Å². The first kappa shape index (κ1) is 22.2. The summed E-state index contributed by atoms with van der Waals surface area (Å²) in [5, 5.41) is 2.84. The zero-order chi connectivity index (χ0) is 22.1. The van der Waals surface area contributed by atoms with Gasteiger partial charge < -0.3 is 10.2 Å². The predicted octanol–water partition coefficient (Wildman–Crippen LogP) is 4.14. The molecule has 0 aromatic heterocycles. The van der Waals surface area contributed by atoms with E-state index in [0.717, 1.165) is 11.1 Å². The standard InChI is InChI=1S/C26H27FN2O2/c1-2-28-26(31)24(17-20-11-5-3-6-12-20)29(19-22-15-9-10-16-23(22)27)25(30)18-21-13-7-4-8-14-21/h3-16,24H,2,17-19H2,1H3,(H,28,31). The van der Waals surface area contributed by atoms with Crippen molar-refractivity contribution in [2.24, 2.45) is 0 Å². The van der Waals surface area contributed by atoms with E-state index in [9.17, 15) is 14.0 Å². The van der Waals surface area contributed by atoms with E-state index in [2.05, 4.69) is 5.32 Å². The van der Waals surface area contributed by atoms with Crippen molar-refractivity contribution in [2.45, 2.75) is 32.4 Å². The van der Waals surface area contributed by atoms with E-state index in [0.29, 0.717) is 18.5 Å². The molecule has 0 radical (unpaired) electrons.